The van der Waals surface area contributed by atoms with Crippen LogP contribution in [0.15, 0.2) is 30.6 Å². The number of anilines is 1. The highest BCUT2D eigenvalue weighted by Gasteiger charge is 2.35. The van der Waals surface area contributed by atoms with E-state index < -0.39 is 11.9 Å². The van der Waals surface area contributed by atoms with Gasteiger partial charge in [-0.3, -0.25) is 19.1 Å². The van der Waals surface area contributed by atoms with Crippen molar-refractivity contribution >= 4 is 22.6 Å². The minimum absolute atomic E-state index is 0.0759. The van der Waals surface area contributed by atoms with Crippen molar-refractivity contribution < 1.29 is 13.9 Å². The second-order valence-corrected chi connectivity index (χ2v) is 8.19. The van der Waals surface area contributed by atoms with E-state index >= 15 is 4.39 Å². The predicted octanol–water partition coefficient (Wildman–Crippen LogP) is 3.44. The Bertz CT molecular complexity index is 1390. The maximum absolute atomic E-state index is 15.2. The third kappa shape index (κ3) is 3.12. The molecule has 0 bridgehead atoms. The number of ether oxygens (including phenoxy) is 1. The molecule has 0 saturated heterocycles. The van der Waals surface area contributed by atoms with Gasteiger partial charge in [-0.05, 0) is 44.5 Å². The van der Waals surface area contributed by atoms with E-state index in [4.69, 9.17) is 4.74 Å². The number of halogens is 1. The fourth-order valence-corrected chi connectivity index (χ4v) is 4.17. The monoisotopic (exact) mass is 434 g/mol. The zero-order valence-electron chi connectivity index (χ0n) is 18.5. The lowest BCUT2D eigenvalue weighted by molar-refractivity contribution is -0.125. The van der Waals surface area contributed by atoms with Gasteiger partial charge in [0, 0.05) is 37.1 Å². The molecule has 164 valence electrons. The topological polar surface area (TPSA) is 78.1 Å². The van der Waals surface area contributed by atoms with Gasteiger partial charge >= 0.3 is 0 Å². The molecule has 0 fully saturated rings. The van der Waals surface area contributed by atoms with Gasteiger partial charge < -0.3 is 9.64 Å². The van der Waals surface area contributed by atoms with E-state index in [1.807, 2.05) is 40.2 Å². The van der Waals surface area contributed by atoms with E-state index in [1.165, 1.54) is 6.07 Å². The first-order valence-electron chi connectivity index (χ1n) is 10.3. The maximum Gasteiger partial charge on any atom is 0.268 e. The van der Waals surface area contributed by atoms with Crippen molar-refractivity contribution in [3.05, 3.63) is 53.4 Å². The van der Waals surface area contributed by atoms with Gasteiger partial charge in [-0.25, -0.2) is 4.39 Å². The summed E-state index contributed by atoms with van der Waals surface area (Å²) in [5.74, 6) is -0.676. The third-order valence-electron chi connectivity index (χ3n) is 6.00. The van der Waals surface area contributed by atoms with Gasteiger partial charge in [-0.15, -0.1) is 0 Å². The van der Waals surface area contributed by atoms with Gasteiger partial charge in [-0.1, -0.05) is 0 Å². The molecule has 1 aliphatic heterocycles. The van der Waals surface area contributed by atoms with Crippen molar-refractivity contribution in [3.63, 3.8) is 0 Å². The number of carbonyl (C=O) groups is 1. The van der Waals surface area contributed by atoms with Crippen LogP contribution < -0.4 is 9.64 Å². The van der Waals surface area contributed by atoms with Crippen LogP contribution in [0.1, 0.15) is 23.9 Å². The van der Waals surface area contributed by atoms with Gasteiger partial charge in [0.05, 0.1) is 24.1 Å². The van der Waals surface area contributed by atoms with Crippen LogP contribution in [0.2, 0.25) is 0 Å². The van der Waals surface area contributed by atoms with Crippen molar-refractivity contribution in [1.82, 2.24) is 24.5 Å². The van der Waals surface area contributed by atoms with Gasteiger partial charge in [0.1, 0.15) is 11.0 Å². The van der Waals surface area contributed by atoms with Crippen LogP contribution in [0.5, 0.6) is 5.75 Å². The van der Waals surface area contributed by atoms with Crippen molar-refractivity contribution in [1.29, 1.82) is 0 Å². The highest BCUT2D eigenvalue weighted by Crippen LogP contribution is 2.41. The van der Waals surface area contributed by atoms with Gasteiger partial charge in [0.2, 0.25) is 0 Å². The normalized spacial score (nSPS) is 15.9. The summed E-state index contributed by atoms with van der Waals surface area (Å²) < 4.78 is 24.3. The molecular formula is C23H23FN6O2. The lowest BCUT2D eigenvalue weighted by Crippen LogP contribution is -2.44. The molecule has 1 atom stereocenters. The van der Waals surface area contributed by atoms with Gasteiger partial charge in [0.15, 0.2) is 17.7 Å². The summed E-state index contributed by atoms with van der Waals surface area (Å²) in [4.78, 5) is 19.1. The lowest BCUT2D eigenvalue weighted by atomic mass is 10.0. The number of fused-ring (bicyclic) bond motifs is 2. The molecule has 0 saturated carbocycles. The Balaban J connectivity index is 1.63. The lowest BCUT2D eigenvalue weighted by Gasteiger charge is -2.33. The number of benzene rings is 1. The number of hydrogen-bond donors (Lipinski definition) is 0. The average molecular weight is 434 g/mol. The molecular weight excluding hydrogens is 411 g/mol. The zero-order valence-corrected chi connectivity index (χ0v) is 18.5. The second kappa shape index (κ2) is 7.15. The van der Waals surface area contributed by atoms with E-state index in [1.54, 1.807) is 33.5 Å². The minimum Gasteiger partial charge on any atom is -0.476 e. The predicted molar refractivity (Wildman–Crippen MR) is 118 cm³/mol. The first-order valence-corrected chi connectivity index (χ1v) is 10.3. The Labute approximate surface area is 184 Å². The molecule has 0 N–H and O–H groups in total. The Kier molecular flexibility index (Phi) is 4.51. The number of nitrogens with zero attached hydrogens (tertiary/aromatic N) is 6. The summed E-state index contributed by atoms with van der Waals surface area (Å²) >= 11 is 0. The quantitative estimate of drug-likeness (QED) is 0.494. The van der Waals surface area contributed by atoms with Crippen LogP contribution in [0.25, 0.3) is 22.2 Å². The number of carbonyl (C=O) groups excluding carboxylic acids is 1. The molecule has 0 spiro atoms. The zero-order chi connectivity index (χ0) is 22.7. The molecule has 3 aromatic heterocycles. The molecule has 0 aliphatic carbocycles. The smallest absolute Gasteiger partial charge is 0.268 e. The largest absolute Gasteiger partial charge is 0.476 e. The van der Waals surface area contributed by atoms with Crippen molar-refractivity contribution in [2.45, 2.75) is 33.4 Å². The van der Waals surface area contributed by atoms with Crippen molar-refractivity contribution in [3.8, 4) is 16.9 Å². The van der Waals surface area contributed by atoms with Crippen molar-refractivity contribution in [2.75, 3.05) is 4.90 Å². The fraction of sp³-hybridized carbons (Fsp3) is 0.304. The van der Waals surface area contributed by atoms with E-state index in [0.29, 0.717) is 22.3 Å². The SMILES string of the molecule is Cc1nn(C)c(C)c1CN1C(=O)[C@@H](C)Oc2c(F)cc(-c3cnc4cn(C)nc4c3)cc21. The first-order chi connectivity index (χ1) is 15.2. The Morgan fingerprint density at radius 1 is 1.09 bits per heavy atom. The molecule has 0 radical (unpaired) electrons. The van der Waals surface area contributed by atoms with Crippen LogP contribution in [0.4, 0.5) is 10.1 Å². The minimum atomic E-state index is -0.785. The van der Waals surface area contributed by atoms with E-state index in [2.05, 4.69) is 15.2 Å². The standard InChI is InChI=1S/C23H23FN6O2/c1-12-17(13(2)29(5)26-12)10-30-21-8-15(6-18(24)22(21)32-14(3)23(30)31)16-7-19-20(25-9-16)11-28(4)27-19/h6-9,11,14H,10H2,1-5H3/t14-/m1/s1. The third-order valence-corrected chi connectivity index (χ3v) is 6.00. The molecule has 8 nitrogen and oxygen atoms in total. The summed E-state index contributed by atoms with van der Waals surface area (Å²) in [7, 11) is 3.69. The molecule has 9 heteroatoms. The Morgan fingerprint density at radius 2 is 1.88 bits per heavy atom. The highest BCUT2D eigenvalue weighted by molar-refractivity contribution is 6.00. The molecule has 4 heterocycles. The number of aromatic nitrogens is 5. The summed E-state index contributed by atoms with van der Waals surface area (Å²) in [5.41, 5.74) is 5.88. The number of hydrogen-bond acceptors (Lipinski definition) is 5. The van der Waals surface area contributed by atoms with Gasteiger partial charge in [0.25, 0.3) is 5.91 Å². The molecule has 5 rings (SSSR count). The average Bonchev–Trinajstić information content (AvgIpc) is 3.23. The molecule has 1 amide bonds. The molecule has 4 aromatic rings. The van der Waals surface area contributed by atoms with E-state index in [9.17, 15) is 4.79 Å². The van der Waals surface area contributed by atoms with Crippen LogP contribution in [0.3, 0.4) is 0 Å². The maximum atomic E-state index is 15.2. The Morgan fingerprint density at radius 3 is 2.59 bits per heavy atom. The summed E-state index contributed by atoms with van der Waals surface area (Å²) in [6.45, 7) is 5.77. The van der Waals surface area contributed by atoms with Crippen LogP contribution in [0, 0.1) is 19.7 Å². The van der Waals surface area contributed by atoms with Crippen LogP contribution in [-0.2, 0) is 25.4 Å². The number of pyridine rings is 1. The van der Waals surface area contributed by atoms with E-state index in [0.717, 1.165) is 22.5 Å². The summed E-state index contributed by atoms with van der Waals surface area (Å²) in [6.07, 6.45) is 2.71. The first kappa shape index (κ1) is 20.2. The van der Waals surface area contributed by atoms with Gasteiger partial charge in [-0.2, -0.15) is 10.2 Å². The number of amides is 1. The van der Waals surface area contributed by atoms with Crippen LogP contribution >= 0.6 is 0 Å². The summed E-state index contributed by atoms with van der Waals surface area (Å²) in [6, 6.07) is 5.04. The van der Waals surface area contributed by atoms with Crippen LogP contribution in [-0.4, -0.2) is 36.6 Å². The molecule has 1 aliphatic rings. The molecule has 32 heavy (non-hydrogen) atoms. The number of rotatable bonds is 3. The number of aryl methyl sites for hydroxylation is 3. The Hall–Kier alpha value is -3.75. The molecule has 1 aromatic carbocycles. The second-order valence-electron chi connectivity index (χ2n) is 8.19. The van der Waals surface area contributed by atoms with Crippen molar-refractivity contribution in [2.24, 2.45) is 14.1 Å². The summed E-state index contributed by atoms with van der Waals surface area (Å²) in [5, 5.41) is 8.83. The van der Waals surface area contributed by atoms with E-state index in [-0.39, 0.29) is 18.2 Å². The highest BCUT2D eigenvalue weighted by atomic mass is 19.1. The molecule has 0 unspecified atom stereocenters. The fourth-order valence-electron chi connectivity index (χ4n) is 4.17.